The number of anilines is 2. The maximum absolute atomic E-state index is 12.7. The van der Waals surface area contributed by atoms with Crippen molar-refractivity contribution in [2.24, 2.45) is 0 Å². The molecule has 0 bridgehead atoms. The molecular weight excluding hydrogens is 392 g/mol. The van der Waals surface area contributed by atoms with Gasteiger partial charge in [-0.1, -0.05) is 30.3 Å². The lowest BCUT2D eigenvalue weighted by molar-refractivity contribution is 0.0996. The average Bonchev–Trinajstić information content (AvgIpc) is 3.23. The largest absolute Gasteiger partial charge is 0.459 e. The number of urea groups is 1. The molecule has 7 heteroatoms. The van der Waals surface area contributed by atoms with Gasteiger partial charge < -0.3 is 24.9 Å². The van der Waals surface area contributed by atoms with E-state index in [4.69, 9.17) is 4.42 Å². The second kappa shape index (κ2) is 9.84. The Morgan fingerprint density at radius 1 is 0.903 bits per heavy atom. The number of furan rings is 1. The molecule has 0 spiro atoms. The minimum Gasteiger partial charge on any atom is -0.459 e. The van der Waals surface area contributed by atoms with Crippen LogP contribution in [0.3, 0.4) is 0 Å². The number of nitrogens with one attached hydrogen (secondary N) is 2. The van der Waals surface area contributed by atoms with E-state index in [0.29, 0.717) is 18.8 Å². The van der Waals surface area contributed by atoms with Gasteiger partial charge in [-0.25, -0.2) is 4.79 Å². The summed E-state index contributed by atoms with van der Waals surface area (Å²) in [7, 11) is 0. The monoisotopic (exact) mass is 418 g/mol. The molecule has 1 aromatic heterocycles. The number of carbonyl (C=O) groups is 2. The molecule has 3 aromatic rings. The first-order chi connectivity index (χ1) is 15.2. The fraction of sp³-hybridized carbons (Fsp3) is 0.250. The molecule has 160 valence electrons. The molecule has 1 aliphatic rings. The molecule has 2 heterocycles. The molecule has 31 heavy (non-hydrogen) atoms. The Hall–Kier alpha value is -3.74. The summed E-state index contributed by atoms with van der Waals surface area (Å²) in [5.41, 5.74) is 2.76. The van der Waals surface area contributed by atoms with Crippen LogP contribution in [-0.2, 0) is 6.54 Å². The van der Waals surface area contributed by atoms with E-state index < -0.39 is 0 Å². The first kappa shape index (κ1) is 20.5. The van der Waals surface area contributed by atoms with Crippen molar-refractivity contribution in [3.05, 3.63) is 84.3 Å². The molecule has 3 amide bonds. The van der Waals surface area contributed by atoms with E-state index in [9.17, 15) is 9.59 Å². The van der Waals surface area contributed by atoms with Gasteiger partial charge in [-0.2, -0.15) is 0 Å². The van der Waals surface area contributed by atoms with Crippen LogP contribution in [0.15, 0.2) is 77.4 Å². The van der Waals surface area contributed by atoms with Gasteiger partial charge >= 0.3 is 6.03 Å². The number of nitrogens with zero attached hydrogens (tertiary/aromatic N) is 2. The second-order valence-electron chi connectivity index (χ2n) is 7.45. The van der Waals surface area contributed by atoms with E-state index in [1.54, 1.807) is 18.2 Å². The Bertz CT molecular complexity index is 1000. The third-order valence-electron chi connectivity index (χ3n) is 5.28. The fourth-order valence-electron chi connectivity index (χ4n) is 3.67. The van der Waals surface area contributed by atoms with Crippen LogP contribution < -0.4 is 15.5 Å². The third kappa shape index (κ3) is 5.45. The summed E-state index contributed by atoms with van der Waals surface area (Å²) in [5, 5.41) is 5.80. The molecule has 0 radical (unpaired) electrons. The highest BCUT2D eigenvalue weighted by atomic mass is 16.3. The smallest absolute Gasteiger partial charge is 0.317 e. The van der Waals surface area contributed by atoms with E-state index in [0.717, 1.165) is 31.6 Å². The summed E-state index contributed by atoms with van der Waals surface area (Å²) in [4.78, 5) is 29.0. The summed E-state index contributed by atoms with van der Waals surface area (Å²) < 4.78 is 5.11. The number of hydrogen-bond donors (Lipinski definition) is 2. The minimum atomic E-state index is -0.307. The highest BCUT2D eigenvalue weighted by Crippen LogP contribution is 2.16. The zero-order valence-electron chi connectivity index (χ0n) is 17.3. The molecule has 2 aromatic carbocycles. The summed E-state index contributed by atoms with van der Waals surface area (Å²) >= 11 is 0. The first-order valence-electron chi connectivity index (χ1n) is 10.5. The SMILES string of the molecule is O=C(Nc1cccc(CNC(=O)N2CCCN(c3ccccc3)CC2)c1)c1ccco1. The lowest BCUT2D eigenvalue weighted by Gasteiger charge is -2.24. The van der Waals surface area contributed by atoms with E-state index in [-0.39, 0.29) is 17.7 Å². The van der Waals surface area contributed by atoms with Crippen LogP contribution in [0.1, 0.15) is 22.5 Å². The van der Waals surface area contributed by atoms with Gasteiger partial charge in [0.05, 0.1) is 6.26 Å². The lowest BCUT2D eigenvalue weighted by Crippen LogP contribution is -2.41. The van der Waals surface area contributed by atoms with Crippen molar-refractivity contribution in [1.29, 1.82) is 0 Å². The van der Waals surface area contributed by atoms with Crippen molar-refractivity contribution in [3.63, 3.8) is 0 Å². The van der Waals surface area contributed by atoms with Gasteiger partial charge in [0, 0.05) is 44.1 Å². The molecule has 7 nitrogen and oxygen atoms in total. The highest BCUT2D eigenvalue weighted by Gasteiger charge is 2.19. The van der Waals surface area contributed by atoms with E-state index >= 15 is 0 Å². The van der Waals surface area contributed by atoms with Gasteiger partial charge in [0.1, 0.15) is 0 Å². The van der Waals surface area contributed by atoms with E-state index in [1.807, 2.05) is 41.3 Å². The average molecular weight is 418 g/mol. The fourth-order valence-corrected chi connectivity index (χ4v) is 3.67. The molecule has 1 saturated heterocycles. The number of benzene rings is 2. The molecule has 0 atom stereocenters. The molecule has 2 N–H and O–H groups in total. The number of carbonyl (C=O) groups excluding carboxylic acids is 2. The Balaban J connectivity index is 1.29. The third-order valence-corrected chi connectivity index (χ3v) is 5.28. The standard InChI is InChI=1S/C24H26N4O3/c29-23(22-11-5-16-31-22)26-20-8-4-7-19(17-20)18-25-24(30)28-13-6-12-27(14-15-28)21-9-2-1-3-10-21/h1-5,7-11,16-17H,6,12-15,18H2,(H,25,30)(H,26,29). The molecule has 0 unspecified atom stereocenters. The van der Waals surface area contributed by atoms with Gasteiger partial charge in [0.25, 0.3) is 5.91 Å². The predicted octanol–water partition coefficient (Wildman–Crippen LogP) is 3.95. The van der Waals surface area contributed by atoms with Crippen LogP contribution in [0.25, 0.3) is 0 Å². The van der Waals surface area contributed by atoms with E-state index in [1.165, 1.54) is 12.0 Å². The molecule has 0 aliphatic carbocycles. The van der Waals surface area contributed by atoms with Crippen molar-refractivity contribution < 1.29 is 14.0 Å². The Labute approximate surface area is 181 Å². The van der Waals surface area contributed by atoms with Crippen molar-refractivity contribution in [2.75, 3.05) is 36.4 Å². The van der Waals surface area contributed by atoms with Crippen molar-refractivity contribution in [3.8, 4) is 0 Å². The highest BCUT2D eigenvalue weighted by molar-refractivity contribution is 6.02. The van der Waals surface area contributed by atoms with E-state index in [2.05, 4.69) is 27.7 Å². The predicted molar refractivity (Wildman–Crippen MR) is 120 cm³/mol. The Morgan fingerprint density at radius 3 is 2.58 bits per heavy atom. The number of rotatable bonds is 5. The van der Waals surface area contributed by atoms with Crippen molar-refractivity contribution in [1.82, 2.24) is 10.2 Å². The number of amides is 3. The van der Waals surface area contributed by atoms with Gasteiger partial charge in [-0.05, 0) is 48.4 Å². The van der Waals surface area contributed by atoms with Crippen LogP contribution >= 0.6 is 0 Å². The Morgan fingerprint density at radius 2 is 1.77 bits per heavy atom. The normalized spacial score (nSPS) is 14.1. The van der Waals surface area contributed by atoms with Gasteiger partial charge in [-0.15, -0.1) is 0 Å². The zero-order valence-corrected chi connectivity index (χ0v) is 17.3. The lowest BCUT2D eigenvalue weighted by atomic mass is 10.2. The summed E-state index contributed by atoms with van der Waals surface area (Å²) in [6.07, 6.45) is 2.39. The van der Waals surface area contributed by atoms with Crippen LogP contribution in [0.4, 0.5) is 16.2 Å². The zero-order chi connectivity index (χ0) is 21.5. The van der Waals surface area contributed by atoms with Gasteiger partial charge in [-0.3, -0.25) is 4.79 Å². The van der Waals surface area contributed by atoms with Crippen LogP contribution in [-0.4, -0.2) is 43.0 Å². The molecule has 1 fully saturated rings. The van der Waals surface area contributed by atoms with Crippen LogP contribution in [0, 0.1) is 0 Å². The summed E-state index contributed by atoms with van der Waals surface area (Å²) in [6, 6.07) is 20.9. The number of hydrogen-bond acceptors (Lipinski definition) is 4. The van der Waals surface area contributed by atoms with Gasteiger partial charge in [0.15, 0.2) is 5.76 Å². The van der Waals surface area contributed by atoms with Crippen molar-refractivity contribution >= 4 is 23.3 Å². The van der Waals surface area contributed by atoms with Gasteiger partial charge in [0.2, 0.25) is 0 Å². The minimum absolute atomic E-state index is 0.0695. The topological polar surface area (TPSA) is 77.8 Å². The molecular formula is C24H26N4O3. The second-order valence-corrected chi connectivity index (χ2v) is 7.45. The maximum Gasteiger partial charge on any atom is 0.317 e. The maximum atomic E-state index is 12.7. The summed E-state index contributed by atoms with van der Waals surface area (Å²) in [5.74, 6) is -0.0526. The molecule has 0 saturated carbocycles. The van der Waals surface area contributed by atoms with Crippen molar-refractivity contribution in [2.45, 2.75) is 13.0 Å². The molecule has 1 aliphatic heterocycles. The van der Waals surface area contributed by atoms with Crippen LogP contribution in [0.5, 0.6) is 0 Å². The Kier molecular flexibility index (Phi) is 6.52. The first-order valence-corrected chi connectivity index (χ1v) is 10.5. The molecule has 4 rings (SSSR count). The summed E-state index contributed by atoms with van der Waals surface area (Å²) in [6.45, 7) is 3.55. The van der Waals surface area contributed by atoms with Crippen LogP contribution in [0.2, 0.25) is 0 Å². The number of para-hydroxylation sites is 1. The quantitative estimate of drug-likeness (QED) is 0.658.